The number of carbonyl (C=O) groups is 1. The zero-order valence-electron chi connectivity index (χ0n) is 12.6. The standard InChI is InChI=1S/C16H23FN2O2/c1-11(13-3-5-14(17)6-4-13)18-16(21)12(2)19-9-7-15(20)8-10-19/h3-6,11-12,15,20H,7-10H2,1-2H3,(H,18,21). The van der Waals surface area contributed by atoms with Crippen molar-refractivity contribution < 1.29 is 14.3 Å². The van der Waals surface area contributed by atoms with E-state index in [-0.39, 0.29) is 29.9 Å². The fourth-order valence-corrected chi connectivity index (χ4v) is 2.61. The number of likely N-dealkylation sites (tertiary alicyclic amines) is 1. The van der Waals surface area contributed by atoms with E-state index in [2.05, 4.69) is 10.2 Å². The van der Waals surface area contributed by atoms with E-state index >= 15 is 0 Å². The largest absolute Gasteiger partial charge is 0.393 e. The number of aliphatic hydroxyl groups excluding tert-OH is 1. The molecule has 0 aliphatic carbocycles. The maximum absolute atomic E-state index is 12.9. The Morgan fingerprint density at radius 2 is 1.86 bits per heavy atom. The van der Waals surface area contributed by atoms with Gasteiger partial charge in [-0.05, 0) is 44.4 Å². The summed E-state index contributed by atoms with van der Waals surface area (Å²) in [6, 6.07) is 5.78. The molecule has 2 N–H and O–H groups in total. The van der Waals surface area contributed by atoms with E-state index in [1.165, 1.54) is 12.1 Å². The molecule has 0 aromatic heterocycles. The molecule has 1 aromatic rings. The number of piperidine rings is 1. The van der Waals surface area contributed by atoms with Crippen molar-refractivity contribution in [3.63, 3.8) is 0 Å². The Balaban J connectivity index is 1.89. The Morgan fingerprint density at radius 1 is 1.29 bits per heavy atom. The average molecular weight is 294 g/mol. The predicted octanol–water partition coefficient (Wildman–Crippen LogP) is 1.85. The summed E-state index contributed by atoms with van der Waals surface area (Å²) in [5.74, 6) is -0.319. The quantitative estimate of drug-likeness (QED) is 0.891. The van der Waals surface area contributed by atoms with Crippen LogP contribution in [0.5, 0.6) is 0 Å². The minimum Gasteiger partial charge on any atom is -0.393 e. The monoisotopic (exact) mass is 294 g/mol. The molecule has 2 unspecified atom stereocenters. The van der Waals surface area contributed by atoms with Gasteiger partial charge in [-0.15, -0.1) is 0 Å². The summed E-state index contributed by atoms with van der Waals surface area (Å²) in [5.41, 5.74) is 0.881. The normalized spacial score (nSPS) is 20.0. The molecule has 0 spiro atoms. The number of benzene rings is 1. The van der Waals surface area contributed by atoms with Crippen molar-refractivity contribution in [3.05, 3.63) is 35.6 Å². The zero-order valence-corrected chi connectivity index (χ0v) is 12.6. The van der Waals surface area contributed by atoms with E-state index in [0.717, 1.165) is 18.7 Å². The van der Waals surface area contributed by atoms with Crippen LogP contribution in [0.25, 0.3) is 0 Å². The lowest BCUT2D eigenvalue weighted by atomic mass is 10.0. The van der Waals surface area contributed by atoms with Gasteiger partial charge in [0.1, 0.15) is 5.82 Å². The van der Waals surface area contributed by atoms with Gasteiger partial charge < -0.3 is 10.4 Å². The van der Waals surface area contributed by atoms with E-state index in [9.17, 15) is 14.3 Å². The summed E-state index contributed by atoms with van der Waals surface area (Å²) in [6.07, 6.45) is 1.19. The third kappa shape index (κ3) is 4.25. The van der Waals surface area contributed by atoms with E-state index in [1.807, 2.05) is 13.8 Å². The lowest BCUT2D eigenvalue weighted by Crippen LogP contribution is -2.49. The maximum atomic E-state index is 12.9. The smallest absolute Gasteiger partial charge is 0.237 e. The number of nitrogens with zero attached hydrogens (tertiary/aromatic N) is 1. The molecule has 2 rings (SSSR count). The molecule has 0 radical (unpaired) electrons. The van der Waals surface area contributed by atoms with Gasteiger partial charge in [0.15, 0.2) is 0 Å². The van der Waals surface area contributed by atoms with Crippen molar-refractivity contribution in [2.45, 2.75) is 44.9 Å². The first-order chi connectivity index (χ1) is 9.97. The molecule has 1 fully saturated rings. The van der Waals surface area contributed by atoms with Crippen LogP contribution in [0.2, 0.25) is 0 Å². The van der Waals surface area contributed by atoms with Crippen molar-refractivity contribution in [2.75, 3.05) is 13.1 Å². The van der Waals surface area contributed by atoms with Crippen LogP contribution < -0.4 is 5.32 Å². The van der Waals surface area contributed by atoms with E-state index < -0.39 is 0 Å². The number of aliphatic hydroxyl groups is 1. The van der Waals surface area contributed by atoms with Crippen LogP contribution in [-0.2, 0) is 4.79 Å². The second kappa shape index (κ2) is 7.00. The van der Waals surface area contributed by atoms with Crippen LogP contribution in [0.1, 0.15) is 38.3 Å². The second-order valence-corrected chi connectivity index (χ2v) is 5.72. The van der Waals surface area contributed by atoms with Crippen molar-refractivity contribution in [2.24, 2.45) is 0 Å². The van der Waals surface area contributed by atoms with Crippen LogP contribution in [0.15, 0.2) is 24.3 Å². The van der Waals surface area contributed by atoms with E-state index in [1.54, 1.807) is 12.1 Å². The Kier molecular flexibility index (Phi) is 5.31. The van der Waals surface area contributed by atoms with Gasteiger partial charge >= 0.3 is 0 Å². The summed E-state index contributed by atoms with van der Waals surface area (Å²) in [6.45, 7) is 5.24. The third-order valence-electron chi connectivity index (χ3n) is 4.16. The fourth-order valence-electron chi connectivity index (χ4n) is 2.61. The molecule has 1 amide bonds. The van der Waals surface area contributed by atoms with Gasteiger partial charge in [-0.3, -0.25) is 9.69 Å². The minimum absolute atomic E-state index is 0.0387. The number of carbonyl (C=O) groups excluding carboxylic acids is 1. The molecule has 1 aliphatic rings. The Bertz CT molecular complexity index is 470. The van der Waals surface area contributed by atoms with Gasteiger partial charge in [0.25, 0.3) is 0 Å². The lowest BCUT2D eigenvalue weighted by molar-refractivity contribution is -0.127. The minimum atomic E-state index is -0.280. The average Bonchev–Trinajstić information content (AvgIpc) is 2.47. The van der Waals surface area contributed by atoms with Crippen molar-refractivity contribution >= 4 is 5.91 Å². The summed E-state index contributed by atoms with van der Waals surface area (Å²) in [7, 11) is 0. The topological polar surface area (TPSA) is 52.6 Å². The molecule has 4 nitrogen and oxygen atoms in total. The van der Waals surface area contributed by atoms with Crippen LogP contribution in [0.3, 0.4) is 0 Å². The highest BCUT2D eigenvalue weighted by atomic mass is 19.1. The van der Waals surface area contributed by atoms with Crippen molar-refractivity contribution in [3.8, 4) is 0 Å². The molecule has 1 saturated heterocycles. The summed E-state index contributed by atoms with van der Waals surface area (Å²) < 4.78 is 12.9. The van der Waals surface area contributed by atoms with Gasteiger partial charge in [-0.2, -0.15) is 0 Å². The van der Waals surface area contributed by atoms with Gasteiger partial charge in [-0.1, -0.05) is 12.1 Å². The van der Waals surface area contributed by atoms with Crippen molar-refractivity contribution in [1.82, 2.24) is 10.2 Å². The zero-order chi connectivity index (χ0) is 15.4. The SMILES string of the molecule is CC(NC(=O)C(C)N1CCC(O)CC1)c1ccc(F)cc1. The molecule has 1 aromatic carbocycles. The second-order valence-electron chi connectivity index (χ2n) is 5.72. The lowest BCUT2D eigenvalue weighted by Gasteiger charge is -2.34. The molecule has 0 bridgehead atoms. The van der Waals surface area contributed by atoms with Crippen LogP contribution >= 0.6 is 0 Å². The molecular weight excluding hydrogens is 271 g/mol. The number of halogens is 1. The third-order valence-corrected chi connectivity index (χ3v) is 4.16. The molecule has 2 atom stereocenters. The summed E-state index contributed by atoms with van der Waals surface area (Å²) >= 11 is 0. The Labute approximate surface area is 125 Å². The summed E-state index contributed by atoms with van der Waals surface area (Å²) in [5, 5.41) is 12.5. The highest BCUT2D eigenvalue weighted by molar-refractivity contribution is 5.81. The first kappa shape index (κ1) is 15.9. The molecule has 5 heteroatoms. The van der Waals surface area contributed by atoms with Crippen LogP contribution in [-0.4, -0.2) is 41.1 Å². The number of rotatable bonds is 4. The molecular formula is C16H23FN2O2. The number of hydrogen-bond donors (Lipinski definition) is 2. The predicted molar refractivity (Wildman–Crippen MR) is 79.2 cm³/mol. The molecule has 1 heterocycles. The van der Waals surface area contributed by atoms with Gasteiger partial charge in [0, 0.05) is 13.1 Å². The molecule has 0 saturated carbocycles. The molecule has 1 aliphatic heterocycles. The summed E-state index contributed by atoms with van der Waals surface area (Å²) in [4.78, 5) is 14.4. The first-order valence-corrected chi connectivity index (χ1v) is 7.45. The van der Waals surface area contributed by atoms with E-state index in [0.29, 0.717) is 12.8 Å². The van der Waals surface area contributed by atoms with Crippen LogP contribution in [0.4, 0.5) is 4.39 Å². The van der Waals surface area contributed by atoms with Gasteiger partial charge in [0.05, 0.1) is 18.2 Å². The number of hydrogen-bond acceptors (Lipinski definition) is 3. The number of amides is 1. The highest BCUT2D eigenvalue weighted by Crippen LogP contribution is 2.16. The molecule has 116 valence electrons. The Hall–Kier alpha value is -1.46. The fraction of sp³-hybridized carbons (Fsp3) is 0.562. The maximum Gasteiger partial charge on any atom is 0.237 e. The first-order valence-electron chi connectivity index (χ1n) is 7.45. The Morgan fingerprint density at radius 3 is 2.43 bits per heavy atom. The molecule has 21 heavy (non-hydrogen) atoms. The van der Waals surface area contributed by atoms with Gasteiger partial charge in [-0.25, -0.2) is 4.39 Å². The van der Waals surface area contributed by atoms with Gasteiger partial charge in [0.2, 0.25) is 5.91 Å². The van der Waals surface area contributed by atoms with Crippen molar-refractivity contribution in [1.29, 1.82) is 0 Å². The van der Waals surface area contributed by atoms with E-state index in [4.69, 9.17) is 0 Å². The highest BCUT2D eigenvalue weighted by Gasteiger charge is 2.26. The van der Waals surface area contributed by atoms with Crippen LogP contribution in [0, 0.1) is 5.82 Å². The number of nitrogens with one attached hydrogen (secondary N) is 1.